The van der Waals surface area contributed by atoms with Crippen molar-refractivity contribution in [1.29, 1.82) is 0 Å². The summed E-state index contributed by atoms with van der Waals surface area (Å²) < 4.78 is 5.46. The molecule has 7 heteroatoms. The van der Waals surface area contributed by atoms with Crippen LogP contribution >= 0.6 is 0 Å². The molecule has 0 saturated carbocycles. The zero-order valence-corrected chi connectivity index (χ0v) is 10.1. The topological polar surface area (TPSA) is 96.7 Å². The van der Waals surface area contributed by atoms with Crippen molar-refractivity contribution in [2.24, 2.45) is 0 Å². The van der Waals surface area contributed by atoms with E-state index >= 15 is 0 Å². The molecule has 0 aromatic carbocycles. The Morgan fingerprint density at radius 2 is 2.28 bits per heavy atom. The fraction of sp³-hybridized carbons (Fsp3) is 0.455. The van der Waals surface area contributed by atoms with E-state index in [4.69, 9.17) is 4.42 Å². The minimum atomic E-state index is -0.260. The third-order valence-corrected chi connectivity index (χ3v) is 2.36. The Hall–Kier alpha value is -2.02. The minimum absolute atomic E-state index is 0.260. The van der Waals surface area contributed by atoms with Crippen LogP contribution < -0.4 is 10.9 Å². The molecule has 0 spiro atoms. The van der Waals surface area contributed by atoms with Gasteiger partial charge in [-0.2, -0.15) is 5.10 Å². The predicted octanol–water partition coefficient (Wildman–Crippen LogP) is 0.362. The van der Waals surface area contributed by atoms with E-state index in [0.29, 0.717) is 17.5 Å². The molecular weight excluding hydrogens is 234 g/mol. The number of aryl methyl sites for hydroxylation is 1. The quantitative estimate of drug-likeness (QED) is 0.717. The monoisotopic (exact) mass is 249 g/mol. The summed E-state index contributed by atoms with van der Waals surface area (Å²) in [5.41, 5.74) is 0.212. The maximum atomic E-state index is 10.9. The van der Waals surface area contributed by atoms with Crippen LogP contribution in [0.2, 0.25) is 0 Å². The lowest BCUT2D eigenvalue weighted by Gasteiger charge is -1.97. The molecule has 2 aromatic heterocycles. The van der Waals surface area contributed by atoms with Gasteiger partial charge in [0.15, 0.2) is 0 Å². The molecule has 0 aliphatic heterocycles. The van der Waals surface area contributed by atoms with Gasteiger partial charge in [-0.05, 0) is 25.6 Å². The molecule has 0 atom stereocenters. The summed E-state index contributed by atoms with van der Waals surface area (Å²) >= 11 is 0. The first kappa shape index (κ1) is 12.4. The summed E-state index contributed by atoms with van der Waals surface area (Å²) in [4.78, 5) is 10.9. The average Bonchev–Trinajstić information content (AvgIpc) is 2.84. The van der Waals surface area contributed by atoms with Gasteiger partial charge in [-0.1, -0.05) is 6.92 Å². The highest BCUT2D eigenvalue weighted by Crippen LogP contribution is 2.13. The molecule has 18 heavy (non-hydrogen) atoms. The fourth-order valence-electron chi connectivity index (χ4n) is 1.46. The van der Waals surface area contributed by atoms with E-state index in [9.17, 15) is 4.79 Å². The molecule has 0 fully saturated rings. The van der Waals surface area contributed by atoms with Crippen LogP contribution in [-0.4, -0.2) is 33.5 Å². The first-order chi connectivity index (χ1) is 8.79. The number of H-pyrrole nitrogens is 1. The largest absolute Gasteiger partial charge is 0.419 e. The summed E-state index contributed by atoms with van der Waals surface area (Å²) in [7, 11) is 0. The van der Waals surface area contributed by atoms with Crippen LogP contribution in [0, 0.1) is 0 Å². The highest BCUT2D eigenvalue weighted by atomic mass is 16.4. The van der Waals surface area contributed by atoms with Crippen molar-refractivity contribution in [3.05, 3.63) is 28.4 Å². The van der Waals surface area contributed by atoms with Crippen LogP contribution in [0.1, 0.15) is 19.2 Å². The second-order valence-corrected chi connectivity index (χ2v) is 3.76. The summed E-state index contributed by atoms with van der Waals surface area (Å²) in [6, 6.07) is 2.92. The van der Waals surface area contributed by atoms with Crippen molar-refractivity contribution < 1.29 is 4.42 Å². The smallest absolute Gasteiger partial charge is 0.268 e. The van der Waals surface area contributed by atoms with Crippen LogP contribution in [0.25, 0.3) is 11.6 Å². The van der Waals surface area contributed by atoms with E-state index in [1.54, 1.807) is 6.07 Å². The number of nitrogens with one attached hydrogen (secondary N) is 2. The lowest BCUT2D eigenvalue weighted by Crippen LogP contribution is -2.14. The van der Waals surface area contributed by atoms with Crippen LogP contribution in [0.3, 0.4) is 0 Å². The Bertz CT molecular complexity index is 528. The molecule has 0 amide bonds. The number of aromatic nitrogens is 4. The van der Waals surface area contributed by atoms with Crippen LogP contribution in [0.5, 0.6) is 0 Å². The molecule has 2 heterocycles. The maximum Gasteiger partial charge on any atom is 0.268 e. The Balaban J connectivity index is 1.97. The van der Waals surface area contributed by atoms with Crippen molar-refractivity contribution in [1.82, 2.24) is 25.7 Å². The lowest BCUT2D eigenvalue weighted by molar-refractivity contribution is 0.490. The number of nitrogens with zero attached hydrogens (tertiary/aromatic N) is 3. The Morgan fingerprint density at radius 1 is 1.39 bits per heavy atom. The van der Waals surface area contributed by atoms with Crippen molar-refractivity contribution in [2.75, 3.05) is 13.1 Å². The Kier molecular flexibility index (Phi) is 4.19. The molecule has 0 bridgehead atoms. The van der Waals surface area contributed by atoms with Gasteiger partial charge in [0.1, 0.15) is 5.69 Å². The summed E-state index contributed by atoms with van der Waals surface area (Å²) in [5, 5.41) is 17.2. The van der Waals surface area contributed by atoms with Gasteiger partial charge in [-0.3, -0.25) is 4.79 Å². The maximum absolute atomic E-state index is 10.9. The van der Waals surface area contributed by atoms with Crippen molar-refractivity contribution in [3.8, 4) is 11.6 Å². The standard InChI is InChI=1S/C11H15N5O2/c1-2-12-7-3-4-10-15-16-11(18-10)8-5-6-9(17)14-13-8/h5-6,12H,2-4,7H2,1H3,(H,14,17). The van der Waals surface area contributed by atoms with Crippen LogP contribution in [0.4, 0.5) is 0 Å². The van der Waals surface area contributed by atoms with Gasteiger partial charge in [-0.25, -0.2) is 5.10 Å². The van der Waals surface area contributed by atoms with E-state index < -0.39 is 0 Å². The number of hydrogen-bond acceptors (Lipinski definition) is 6. The van der Waals surface area contributed by atoms with Gasteiger partial charge in [0, 0.05) is 12.5 Å². The van der Waals surface area contributed by atoms with E-state index in [1.807, 2.05) is 0 Å². The van der Waals surface area contributed by atoms with E-state index in [2.05, 4.69) is 32.6 Å². The van der Waals surface area contributed by atoms with Crippen LogP contribution in [0.15, 0.2) is 21.3 Å². The summed E-state index contributed by atoms with van der Waals surface area (Å²) in [6.45, 7) is 3.94. The zero-order valence-electron chi connectivity index (χ0n) is 10.1. The molecule has 0 radical (unpaired) electrons. The average molecular weight is 249 g/mol. The highest BCUT2D eigenvalue weighted by Gasteiger charge is 2.09. The third kappa shape index (κ3) is 3.24. The Morgan fingerprint density at radius 3 is 3.00 bits per heavy atom. The number of aromatic amines is 1. The molecule has 2 N–H and O–H groups in total. The fourth-order valence-corrected chi connectivity index (χ4v) is 1.46. The number of rotatable bonds is 6. The molecule has 0 aliphatic carbocycles. The molecule has 0 aliphatic rings. The normalized spacial score (nSPS) is 10.7. The molecule has 0 saturated heterocycles. The van der Waals surface area contributed by atoms with Gasteiger partial charge in [-0.15, -0.1) is 10.2 Å². The van der Waals surface area contributed by atoms with Gasteiger partial charge in [0.05, 0.1) is 0 Å². The van der Waals surface area contributed by atoms with Gasteiger partial charge >= 0.3 is 0 Å². The highest BCUT2D eigenvalue weighted by molar-refractivity contribution is 5.43. The molecule has 2 aromatic rings. The van der Waals surface area contributed by atoms with Gasteiger partial charge in [0.25, 0.3) is 11.4 Å². The first-order valence-electron chi connectivity index (χ1n) is 5.89. The van der Waals surface area contributed by atoms with Gasteiger partial charge < -0.3 is 9.73 Å². The SMILES string of the molecule is CCNCCCc1nnc(-c2ccc(=O)[nH]n2)o1. The minimum Gasteiger partial charge on any atom is -0.419 e. The zero-order chi connectivity index (χ0) is 12.8. The molecule has 7 nitrogen and oxygen atoms in total. The second kappa shape index (κ2) is 6.06. The van der Waals surface area contributed by atoms with Crippen molar-refractivity contribution >= 4 is 0 Å². The second-order valence-electron chi connectivity index (χ2n) is 3.76. The van der Waals surface area contributed by atoms with E-state index in [0.717, 1.165) is 25.9 Å². The predicted molar refractivity (Wildman–Crippen MR) is 65.0 cm³/mol. The van der Waals surface area contributed by atoms with E-state index in [1.165, 1.54) is 6.07 Å². The van der Waals surface area contributed by atoms with Crippen molar-refractivity contribution in [2.45, 2.75) is 19.8 Å². The summed E-state index contributed by atoms with van der Waals surface area (Å²) in [6.07, 6.45) is 1.66. The molecular formula is C11H15N5O2. The van der Waals surface area contributed by atoms with Crippen LogP contribution in [-0.2, 0) is 6.42 Å². The van der Waals surface area contributed by atoms with Gasteiger partial charge in [0.2, 0.25) is 5.89 Å². The molecule has 96 valence electrons. The lowest BCUT2D eigenvalue weighted by atomic mass is 10.3. The third-order valence-electron chi connectivity index (χ3n) is 2.36. The Labute approximate surface area is 104 Å². The summed E-state index contributed by atoms with van der Waals surface area (Å²) in [5.74, 6) is 0.903. The molecule has 0 unspecified atom stereocenters. The number of hydrogen-bond donors (Lipinski definition) is 2. The van der Waals surface area contributed by atoms with Crippen molar-refractivity contribution in [3.63, 3.8) is 0 Å². The first-order valence-corrected chi connectivity index (χ1v) is 5.89. The van der Waals surface area contributed by atoms with E-state index in [-0.39, 0.29) is 5.56 Å². The molecule has 2 rings (SSSR count).